The Labute approximate surface area is 157 Å². The third kappa shape index (κ3) is 2.55. The standard InChI is InChI=1S/C20H12N2O6/c23-14-6-7-15(24)18-17(14)19(25)12-8-11(22(27)28)9-13(16(12)20(18)26)21-10-4-2-1-3-5-10/h1-9,21,23-24H. The van der Waals surface area contributed by atoms with E-state index in [4.69, 9.17) is 0 Å². The second kappa shape index (κ2) is 6.20. The van der Waals surface area contributed by atoms with Gasteiger partial charge in [-0.15, -0.1) is 0 Å². The molecule has 0 amide bonds. The molecule has 4 rings (SSSR count). The van der Waals surface area contributed by atoms with Crippen LogP contribution >= 0.6 is 0 Å². The van der Waals surface area contributed by atoms with Crippen molar-refractivity contribution in [2.75, 3.05) is 5.32 Å². The minimum atomic E-state index is -0.780. The Balaban J connectivity index is 1.99. The van der Waals surface area contributed by atoms with E-state index in [1.54, 1.807) is 30.3 Å². The topological polar surface area (TPSA) is 130 Å². The van der Waals surface area contributed by atoms with Crippen molar-refractivity contribution < 1.29 is 24.7 Å². The van der Waals surface area contributed by atoms with Crippen LogP contribution in [-0.4, -0.2) is 26.7 Å². The molecule has 1 aliphatic carbocycles. The summed E-state index contributed by atoms with van der Waals surface area (Å²) in [5, 5.41) is 34.4. The summed E-state index contributed by atoms with van der Waals surface area (Å²) in [4.78, 5) is 36.7. The van der Waals surface area contributed by atoms with Crippen LogP contribution in [0.1, 0.15) is 31.8 Å². The molecule has 3 aromatic rings. The predicted molar refractivity (Wildman–Crippen MR) is 99.5 cm³/mol. The lowest BCUT2D eigenvalue weighted by Crippen LogP contribution is -2.23. The third-order valence-corrected chi connectivity index (χ3v) is 4.47. The lowest BCUT2D eigenvalue weighted by molar-refractivity contribution is -0.384. The van der Waals surface area contributed by atoms with Gasteiger partial charge in [-0.05, 0) is 24.3 Å². The van der Waals surface area contributed by atoms with Gasteiger partial charge in [-0.1, -0.05) is 18.2 Å². The van der Waals surface area contributed by atoms with E-state index in [1.807, 2.05) is 0 Å². The number of ketones is 2. The van der Waals surface area contributed by atoms with E-state index in [1.165, 1.54) is 0 Å². The molecule has 28 heavy (non-hydrogen) atoms. The minimum Gasteiger partial charge on any atom is -0.507 e. The zero-order valence-electron chi connectivity index (χ0n) is 14.2. The van der Waals surface area contributed by atoms with Crippen molar-refractivity contribution in [1.29, 1.82) is 0 Å². The number of aromatic hydroxyl groups is 2. The first-order valence-electron chi connectivity index (χ1n) is 8.17. The molecular weight excluding hydrogens is 364 g/mol. The van der Waals surface area contributed by atoms with Crippen LogP contribution < -0.4 is 5.32 Å². The number of phenols is 2. The number of nitro groups is 1. The van der Waals surface area contributed by atoms with Crippen molar-refractivity contribution in [1.82, 2.24) is 0 Å². The smallest absolute Gasteiger partial charge is 0.272 e. The van der Waals surface area contributed by atoms with Crippen molar-refractivity contribution >= 4 is 28.6 Å². The maximum Gasteiger partial charge on any atom is 0.272 e. The van der Waals surface area contributed by atoms with Crippen molar-refractivity contribution in [2.24, 2.45) is 0 Å². The molecule has 0 spiro atoms. The zero-order chi connectivity index (χ0) is 20.0. The van der Waals surface area contributed by atoms with Crippen LogP contribution in [0.4, 0.5) is 17.1 Å². The Bertz CT molecular complexity index is 1170. The summed E-state index contributed by atoms with van der Waals surface area (Å²) in [6.45, 7) is 0. The van der Waals surface area contributed by atoms with Gasteiger partial charge in [0.15, 0.2) is 11.6 Å². The number of hydrogen-bond acceptors (Lipinski definition) is 7. The number of phenolic OH excluding ortho intramolecular Hbond substituents is 2. The molecular formula is C20H12N2O6. The number of hydrogen-bond donors (Lipinski definition) is 3. The molecule has 3 aromatic carbocycles. The normalized spacial score (nSPS) is 12.3. The Morgan fingerprint density at radius 3 is 2.04 bits per heavy atom. The van der Waals surface area contributed by atoms with Crippen LogP contribution in [0.15, 0.2) is 54.6 Å². The van der Waals surface area contributed by atoms with Crippen molar-refractivity contribution in [3.8, 4) is 11.5 Å². The van der Waals surface area contributed by atoms with E-state index in [2.05, 4.69) is 5.32 Å². The van der Waals surface area contributed by atoms with Gasteiger partial charge in [0, 0.05) is 23.4 Å². The van der Waals surface area contributed by atoms with E-state index in [0.717, 1.165) is 24.3 Å². The highest BCUT2D eigenvalue weighted by molar-refractivity contribution is 6.32. The van der Waals surface area contributed by atoms with Gasteiger partial charge < -0.3 is 15.5 Å². The second-order valence-electron chi connectivity index (χ2n) is 6.18. The van der Waals surface area contributed by atoms with Gasteiger partial charge in [0.2, 0.25) is 0 Å². The summed E-state index contributed by atoms with van der Waals surface area (Å²) in [6.07, 6.45) is 0. The Kier molecular flexibility index (Phi) is 3.82. The first kappa shape index (κ1) is 17.2. The summed E-state index contributed by atoms with van der Waals surface area (Å²) in [7, 11) is 0. The molecule has 0 atom stereocenters. The molecule has 8 heteroatoms. The molecule has 0 heterocycles. The molecule has 3 N–H and O–H groups in total. The highest BCUT2D eigenvalue weighted by Gasteiger charge is 2.37. The molecule has 8 nitrogen and oxygen atoms in total. The average molecular weight is 376 g/mol. The fraction of sp³-hybridized carbons (Fsp3) is 0. The average Bonchev–Trinajstić information content (AvgIpc) is 2.68. The lowest BCUT2D eigenvalue weighted by atomic mass is 9.82. The molecule has 138 valence electrons. The zero-order valence-corrected chi connectivity index (χ0v) is 14.2. The monoisotopic (exact) mass is 376 g/mol. The predicted octanol–water partition coefficient (Wildman–Crippen LogP) is 3.53. The number of para-hydroxylation sites is 1. The van der Waals surface area contributed by atoms with E-state index < -0.39 is 28.0 Å². The number of fused-ring (bicyclic) bond motifs is 2. The number of nitrogens with one attached hydrogen (secondary N) is 1. The summed E-state index contributed by atoms with van der Waals surface area (Å²) < 4.78 is 0. The lowest BCUT2D eigenvalue weighted by Gasteiger charge is -2.22. The molecule has 0 bridgehead atoms. The number of rotatable bonds is 3. The van der Waals surface area contributed by atoms with Gasteiger partial charge in [-0.25, -0.2) is 0 Å². The van der Waals surface area contributed by atoms with Gasteiger partial charge in [-0.3, -0.25) is 19.7 Å². The van der Waals surface area contributed by atoms with E-state index in [-0.39, 0.29) is 33.6 Å². The summed E-state index contributed by atoms with van der Waals surface area (Å²) in [5.74, 6) is -2.44. The maximum absolute atomic E-state index is 13.1. The Hall–Kier alpha value is -4.20. The number of benzene rings is 3. The van der Waals surface area contributed by atoms with Crippen molar-refractivity contribution in [3.05, 3.63) is 87.0 Å². The van der Waals surface area contributed by atoms with Crippen LogP contribution in [0.25, 0.3) is 0 Å². The Morgan fingerprint density at radius 2 is 1.43 bits per heavy atom. The Morgan fingerprint density at radius 1 is 0.821 bits per heavy atom. The van der Waals surface area contributed by atoms with Crippen molar-refractivity contribution in [3.63, 3.8) is 0 Å². The number of nitro benzene ring substituents is 1. The first-order valence-corrected chi connectivity index (χ1v) is 8.17. The van der Waals surface area contributed by atoms with Gasteiger partial charge in [0.25, 0.3) is 5.69 Å². The minimum absolute atomic E-state index is 0.0575. The molecule has 0 aliphatic heterocycles. The van der Waals surface area contributed by atoms with Crippen LogP contribution in [-0.2, 0) is 0 Å². The molecule has 0 radical (unpaired) electrons. The number of non-ortho nitro benzene ring substituents is 1. The van der Waals surface area contributed by atoms with Crippen molar-refractivity contribution in [2.45, 2.75) is 0 Å². The van der Waals surface area contributed by atoms with Crippen LogP contribution in [0.2, 0.25) is 0 Å². The van der Waals surface area contributed by atoms with Gasteiger partial charge in [0.05, 0.1) is 27.3 Å². The fourth-order valence-corrected chi connectivity index (χ4v) is 3.23. The quantitative estimate of drug-likeness (QED) is 0.283. The SMILES string of the molecule is O=C1c2cc([N+](=O)[O-])cc(Nc3ccccc3)c2C(=O)c2c(O)ccc(O)c21. The third-order valence-electron chi connectivity index (χ3n) is 4.47. The van der Waals surface area contributed by atoms with E-state index in [0.29, 0.717) is 5.69 Å². The molecule has 0 aromatic heterocycles. The summed E-state index contributed by atoms with van der Waals surface area (Å²) >= 11 is 0. The molecule has 0 saturated heterocycles. The summed E-state index contributed by atoms with van der Waals surface area (Å²) in [5.41, 5.74) is -0.801. The van der Waals surface area contributed by atoms with Gasteiger partial charge >= 0.3 is 0 Å². The van der Waals surface area contributed by atoms with Gasteiger partial charge in [0.1, 0.15) is 11.5 Å². The van der Waals surface area contributed by atoms with E-state index in [9.17, 15) is 29.9 Å². The summed E-state index contributed by atoms with van der Waals surface area (Å²) in [6, 6.07) is 13.0. The molecule has 0 fully saturated rings. The van der Waals surface area contributed by atoms with Crippen LogP contribution in [0, 0.1) is 10.1 Å². The number of carbonyl (C=O) groups excluding carboxylic acids is 2. The van der Waals surface area contributed by atoms with Gasteiger partial charge in [-0.2, -0.15) is 0 Å². The highest BCUT2D eigenvalue weighted by Crippen LogP contribution is 2.41. The number of anilines is 2. The molecule has 1 aliphatic rings. The largest absolute Gasteiger partial charge is 0.507 e. The highest BCUT2D eigenvalue weighted by atomic mass is 16.6. The number of carbonyl (C=O) groups is 2. The van der Waals surface area contributed by atoms with Crippen LogP contribution in [0.3, 0.4) is 0 Å². The second-order valence-corrected chi connectivity index (χ2v) is 6.18. The molecule has 0 saturated carbocycles. The van der Waals surface area contributed by atoms with Crippen LogP contribution in [0.5, 0.6) is 11.5 Å². The fourth-order valence-electron chi connectivity index (χ4n) is 3.23. The molecule has 0 unspecified atom stereocenters. The first-order chi connectivity index (χ1) is 13.4. The van der Waals surface area contributed by atoms with E-state index >= 15 is 0 Å². The maximum atomic E-state index is 13.1. The number of nitrogens with zero attached hydrogens (tertiary/aromatic N) is 1.